The van der Waals surface area contributed by atoms with Crippen molar-refractivity contribution >= 4 is 11.6 Å². The average Bonchev–Trinajstić information content (AvgIpc) is 2.48. The van der Waals surface area contributed by atoms with Crippen molar-refractivity contribution in [3.63, 3.8) is 0 Å². The Labute approximate surface area is 123 Å². The molecule has 0 spiro atoms. The van der Waals surface area contributed by atoms with Gasteiger partial charge in [0.15, 0.2) is 0 Å². The van der Waals surface area contributed by atoms with E-state index in [9.17, 15) is 9.90 Å². The molecule has 1 heterocycles. The number of nitrogens with zero attached hydrogens (tertiary/aromatic N) is 1. The van der Waals surface area contributed by atoms with Crippen molar-refractivity contribution < 1.29 is 9.90 Å². The molecule has 0 saturated carbocycles. The van der Waals surface area contributed by atoms with Gasteiger partial charge in [0, 0.05) is 24.3 Å². The van der Waals surface area contributed by atoms with E-state index < -0.39 is 0 Å². The second-order valence-corrected chi connectivity index (χ2v) is 5.50. The molecule has 0 fully saturated rings. The summed E-state index contributed by atoms with van der Waals surface area (Å²) in [6.45, 7) is 3.13. The van der Waals surface area contributed by atoms with Gasteiger partial charge in [-0.3, -0.25) is 4.79 Å². The second kappa shape index (κ2) is 5.13. The van der Waals surface area contributed by atoms with Crippen molar-refractivity contribution in [3.05, 3.63) is 58.7 Å². The molecule has 0 saturated heterocycles. The minimum absolute atomic E-state index is 0.0179. The fraction of sp³-hybridized carbons (Fsp3) is 0.235. The van der Waals surface area contributed by atoms with Crippen LogP contribution in [-0.2, 0) is 13.0 Å². The van der Waals surface area contributed by atoms with E-state index in [1.54, 1.807) is 23.1 Å². The van der Waals surface area contributed by atoms with Crippen molar-refractivity contribution in [2.45, 2.75) is 19.9 Å². The van der Waals surface area contributed by atoms with E-state index in [1.165, 1.54) is 5.56 Å². The zero-order valence-corrected chi connectivity index (χ0v) is 12.0. The largest absolute Gasteiger partial charge is 0.508 e. The maximum absolute atomic E-state index is 12.6. The summed E-state index contributed by atoms with van der Waals surface area (Å²) in [5, 5.41) is 9.58. The number of hydrogen-bond donors (Lipinski definition) is 2. The highest BCUT2D eigenvalue weighted by Gasteiger charge is 2.22. The zero-order chi connectivity index (χ0) is 15.0. The van der Waals surface area contributed by atoms with E-state index in [4.69, 9.17) is 5.73 Å². The van der Waals surface area contributed by atoms with E-state index in [0.29, 0.717) is 24.3 Å². The monoisotopic (exact) mass is 282 g/mol. The summed E-state index contributed by atoms with van der Waals surface area (Å²) in [5.74, 6) is 0.221. The van der Waals surface area contributed by atoms with Crippen molar-refractivity contribution in [2.75, 3.05) is 12.3 Å². The number of aryl methyl sites for hydroxylation is 1. The van der Waals surface area contributed by atoms with Crippen LogP contribution in [0.5, 0.6) is 5.75 Å². The molecule has 3 rings (SSSR count). The lowest BCUT2D eigenvalue weighted by atomic mass is 9.98. The number of nitrogens with two attached hydrogens (primary N) is 1. The number of carbonyl (C=O) groups excluding carboxylic acids is 1. The van der Waals surface area contributed by atoms with E-state index in [0.717, 1.165) is 17.5 Å². The average molecular weight is 282 g/mol. The standard InChI is InChI=1S/C17H18N2O2/c1-11-2-3-13(9-16(11)18)17(21)19-7-6-12-4-5-15(20)8-14(12)10-19/h2-5,8-9,20H,6-7,10,18H2,1H3. The number of amides is 1. The Morgan fingerprint density at radius 2 is 2.00 bits per heavy atom. The molecule has 1 aliphatic heterocycles. The predicted molar refractivity (Wildman–Crippen MR) is 82.1 cm³/mol. The van der Waals surface area contributed by atoms with Crippen LogP contribution < -0.4 is 5.73 Å². The van der Waals surface area contributed by atoms with Crippen molar-refractivity contribution in [1.82, 2.24) is 4.90 Å². The lowest BCUT2D eigenvalue weighted by Crippen LogP contribution is -2.35. The predicted octanol–water partition coefficient (Wildman–Crippen LogP) is 2.48. The molecular weight excluding hydrogens is 264 g/mol. The molecule has 1 aliphatic rings. The molecule has 0 radical (unpaired) electrons. The number of benzene rings is 2. The van der Waals surface area contributed by atoms with Gasteiger partial charge in [-0.05, 0) is 54.3 Å². The lowest BCUT2D eigenvalue weighted by Gasteiger charge is -2.29. The number of rotatable bonds is 1. The van der Waals surface area contributed by atoms with Crippen LogP contribution in [0.2, 0.25) is 0 Å². The van der Waals surface area contributed by atoms with Gasteiger partial charge < -0.3 is 15.7 Å². The van der Waals surface area contributed by atoms with Crippen LogP contribution in [0.3, 0.4) is 0 Å². The molecule has 2 aromatic rings. The number of phenolic OH excluding ortho intramolecular Hbond substituents is 1. The minimum Gasteiger partial charge on any atom is -0.508 e. The van der Waals surface area contributed by atoms with Crippen molar-refractivity contribution in [2.24, 2.45) is 0 Å². The third-order valence-corrected chi connectivity index (χ3v) is 4.02. The number of nitrogen functional groups attached to an aromatic ring is 1. The minimum atomic E-state index is -0.0179. The molecule has 0 unspecified atom stereocenters. The van der Waals surface area contributed by atoms with Crippen LogP contribution in [0.1, 0.15) is 27.0 Å². The SMILES string of the molecule is Cc1ccc(C(=O)N2CCc3ccc(O)cc3C2)cc1N. The Balaban J connectivity index is 1.85. The molecule has 1 amide bonds. The van der Waals surface area contributed by atoms with Crippen LogP contribution in [0, 0.1) is 6.92 Å². The number of fused-ring (bicyclic) bond motifs is 1. The Hall–Kier alpha value is -2.49. The summed E-state index contributed by atoms with van der Waals surface area (Å²) < 4.78 is 0. The van der Waals surface area contributed by atoms with Crippen LogP contribution in [0.4, 0.5) is 5.69 Å². The van der Waals surface area contributed by atoms with E-state index >= 15 is 0 Å². The van der Waals surface area contributed by atoms with Crippen molar-refractivity contribution in [1.29, 1.82) is 0 Å². The number of hydrogen-bond acceptors (Lipinski definition) is 3. The molecule has 0 aliphatic carbocycles. The number of phenols is 1. The van der Waals surface area contributed by atoms with Crippen molar-refractivity contribution in [3.8, 4) is 5.75 Å². The van der Waals surface area contributed by atoms with Gasteiger partial charge in [0.1, 0.15) is 5.75 Å². The second-order valence-electron chi connectivity index (χ2n) is 5.50. The van der Waals surface area contributed by atoms with Gasteiger partial charge in [-0.1, -0.05) is 12.1 Å². The first kappa shape index (κ1) is 13.5. The maximum Gasteiger partial charge on any atom is 0.254 e. The zero-order valence-electron chi connectivity index (χ0n) is 12.0. The fourth-order valence-corrected chi connectivity index (χ4v) is 2.67. The van der Waals surface area contributed by atoms with Gasteiger partial charge in [-0.2, -0.15) is 0 Å². The third kappa shape index (κ3) is 2.57. The quantitative estimate of drug-likeness (QED) is 0.790. The molecule has 0 atom stereocenters. The Kier molecular flexibility index (Phi) is 3.29. The number of anilines is 1. The molecule has 2 aromatic carbocycles. The van der Waals surface area contributed by atoms with Gasteiger partial charge in [0.2, 0.25) is 0 Å². The molecule has 3 N–H and O–H groups in total. The highest BCUT2D eigenvalue weighted by molar-refractivity contribution is 5.95. The van der Waals surface area contributed by atoms with Crippen LogP contribution in [0.15, 0.2) is 36.4 Å². The summed E-state index contributed by atoms with van der Waals surface area (Å²) in [6.07, 6.45) is 0.808. The van der Waals surface area contributed by atoms with Gasteiger partial charge in [-0.15, -0.1) is 0 Å². The fourth-order valence-electron chi connectivity index (χ4n) is 2.67. The highest BCUT2D eigenvalue weighted by Crippen LogP contribution is 2.24. The molecule has 108 valence electrons. The van der Waals surface area contributed by atoms with E-state index in [-0.39, 0.29) is 11.7 Å². The molecule has 4 heteroatoms. The summed E-state index contributed by atoms with van der Waals surface area (Å²) in [7, 11) is 0. The van der Waals surface area contributed by atoms with Gasteiger partial charge in [-0.25, -0.2) is 0 Å². The summed E-state index contributed by atoms with van der Waals surface area (Å²) in [6, 6.07) is 10.8. The smallest absolute Gasteiger partial charge is 0.254 e. The molecule has 0 aromatic heterocycles. The topological polar surface area (TPSA) is 66.6 Å². The first-order valence-electron chi connectivity index (χ1n) is 7.01. The Morgan fingerprint density at radius 1 is 1.19 bits per heavy atom. The lowest BCUT2D eigenvalue weighted by molar-refractivity contribution is 0.0734. The normalized spacial score (nSPS) is 13.9. The first-order valence-corrected chi connectivity index (χ1v) is 7.01. The van der Waals surface area contributed by atoms with E-state index in [2.05, 4.69) is 0 Å². The Bertz CT molecular complexity index is 710. The van der Waals surface area contributed by atoms with Crippen LogP contribution >= 0.6 is 0 Å². The maximum atomic E-state index is 12.6. The van der Waals surface area contributed by atoms with Gasteiger partial charge in [0.05, 0.1) is 0 Å². The summed E-state index contributed by atoms with van der Waals surface area (Å²) in [4.78, 5) is 14.4. The van der Waals surface area contributed by atoms with E-state index in [1.807, 2.05) is 25.1 Å². The molecule has 21 heavy (non-hydrogen) atoms. The van der Waals surface area contributed by atoms with Gasteiger partial charge >= 0.3 is 0 Å². The molecule has 0 bridgehead atoms. The summed E-state index contributed by atoms with van der Waals surface area (Å²) >= 11 is 0. The molecule has 4 nitrogen and oxygen atoms in total. The van der Waals surface area contributed by atoms with Gasteiger partial charge in [0.25, 0.3) is 5.91 Å². The van der Waals surface area contributed by atoms with Crippen LogP contribution in [0.25, 0.3) is 0 Å². The third-order valence-electron chi connectivity index (χ3n) is 4.02. The summed E-state index contributed by atoms with van der Waals surface area (Å²) in [5.41, 5.74) is 10.3. The number of carbonyl (C=O) groups is 1. The van der Waals surface area contributed by atoms with Crippen LogP contribution in [-0.4, -0.2) is 22.5 Å². The first-order chi connectivity index (χ1) is 10.0. The number of aromatic hydroxyl groups is 1. The molecular formula is C17H18N2O2. The highest BCUT2D eigenvalue weighted by atomic mass is 16.3. The Morgan fingerprint density at radius 3 is 2.76 bits per heavy atom.